The van der Waals surface area contributed by atoms with Crippen LogP contribution in [0.5, 0.6) is 0 Å². The first-order valence-corrected chi connectivity index (χ1v) is 4.80. The zero-order valence-electron chi connectivity index (χ0n) is 8.52. The predicted octanol–water partition coefficient (Wildman–Crippen LogP) is 2.28. The Labute approximate surface area is 79.0 Å². The molecule has 0 aromatic carbocycles. The van der Waals surface area contributed by atoms with Gasteiger partial charge in [0.05, 0.1) is 0 Å². The second kappa shape index (κ2) is 3.44. The summed E-state index contributed by atoms with van der Waals surface area (Å²) >= 11 is 0. The highest BCUT2D eigenvalue weighted by atomic mass is 16.2. The Morgan fingerprint density at radius 2 is 1.85 bits per heavy atom. The van der Waals surface area contributed by atoms with Crippen molar-refractivity contribution in [2.75, 3.05) is 0 Å². The van der Waals surface area contributed by atoms with Crippen molar-refractivity contribution in [1.82, 2.24) is 0 Å². The Kier molecular flexibility index (Phi) is 2.69. The van der Waals surface area contributed by atoms with E-state index < -0.39 is 5.41 Å². The molecular formula is C11H16O2. The van der Waals surface area contributed by atoms with Crippen molar-refractivity contribution in [2.24, 2.45) is 5.41 Å². The minimum atomic E-state index is -0.769. The molecule has 0 unspecified atom stereocenters. The van der Waals surface area contributed by atoms with E-state index in [9.17, 15) is 9.59 Å². The standard InChI is InChI=1S/C11H16O2/c1-4-5-6-10-7-11(10,8(2)12)9(3)13/h7H,4-6H2,1-3H3. The van der Waals surface area contributed by atoms with E-state index in [0.717, 1.165) is 24.8 Å². The third kappa shape index (κ3) is 1.58. The third-order valence-corrected chi connectivity index (χ3v) is 2.72. The molecule has 0 atom stereocenters. The first kappa shape index (κ1) is 10.2. The molecule has 72 valence electrons. The molecule has 1 rings (SSSR count). The van der Waals surface area contributed by atoms with Gasteiger partial charge in [-0.15, -0.1) is 0 Å². The van der Waals surface area contributed by atoms with E-state index in [1.807, 2.05) is 6.08 Å². The van der Waals surface area contributed by atoms with Gasteiger partial charge in [-0.1, -0.05) is 19.4 Å². The van der Waals surface area contributed by atoms with E-state index in [4.69, 9.17) is 0 Å². The van der Waals surface area contributed by atoms with Gasteiger partial charge in [-0.25, -0.2) is 0 Å². The summed E-state index contributed by atoms with van der Waals surface area (Å²) in [6.07, 6.45) is 4.89. The van der Waals surface area contributed by atoms with Crippen molar-refractivity contribution in [3.8, 4) is 0 Å². The number of hydrogen-bond acceptors (Lipinski definition) is 2. The average Bonchev–Trinajstić information content (AvgIpc) is 2.76. The van der Waals surface area contributed by atoms with Crippen LogP contribution in [0.15, 0.2) is 11.6 Å². The van der Waals surface area contributed by atoms with Crippen LogP contribution >= 0.6 is 0 Å². The molecule has 2 heteroatoms. The molecule has 2 nitrogen and oxygen atoms in total. The maximum atomic E-state index is 11.3. The number of ketones is 2. The van der Waals surface area contributed by atoms with Crippen LogP contribution in [-0.2, 0) is 9.59 Å². The maximum Gasteiger partial charge on any atom is 0.151 e. The van der Waals surface area contributed by atoms with E-state index in [0.29, 0.717) is 0 Å². The van der Waals surface area contributed by atoms with Crippen LogP contribution in [0.3, 0.4) is 0 Å². The van der Waals surface area contributed by atoms with Gasteiger partial charge in [0.25, 0.3) is 0 Å². The Balaban J connectivity index is 2.60. The molecule has 0 saturated heterocycles. The number of unbranched alkanes of at least 4 members (excludes halogenated alkanes) is 1. The molecule has 0 aromatic rings. The highest BCUT2D eigenvalue weighted by molar-refractivity contribution is 6.14. The van der Waals surface area contributed by atoms with Gasteiger partial charge in [-0.2, -0.15) is 0 Å². The molecule has 0 N–H and O–H groups in total. The first-order valence-electron chi connectivity index (χ1n) is 4.80. The van der Waals surface area contributed by atoms with Crippen LogP contribution in [0, 0.1) is 5.41 Å². The summed E-state index contributed by atoms with van der Waals surface area (Å²) in [5.74, 6) is -0.0443. The lowest BCUT2D eigenvalue weighted by atomic mass is 9.89. The number of hydrogen-bond donors (Lipinski definition) is 0. The zero-order valence-corrected chi connectivity index (χ0v) is 8.52. The quantitative estimate of drug-likeness (QED) is 0.480. The number of rotatable bonds is 5. The van der Waals surface area contributed by atoms with E-state index >= 15 is 0 Å². The highest BCUT2D eigenvalue weighted by Gasteiger charge is 2.51. The van der Waals surface area contributed by atoms with Gasteiger partial charge in [0.1, 0.15) is 5.41 Å². The third-order valence-electron chi connectivity index (χ3n) is 2.72. The lowest BCUT2D eigenvalue weighted by molar-refractivity contribution is -0.131. The first-order chi connectivity index (χ1) is 6.05. The van der Waals surface area contributed by atoms with Gasteiger partial charge < -0.3 is 0 Å². The van der Waals surface area contributed by atoms with E-state index in [-0.39, 0.29) is 11.6 Å². The molecule has 1 aliphatic rings. The maximum absolute atomic E-state index is 11.3. The van der Waals surface area contributed by atoms with E-state index in [1.54, 1.807) is 0 Å². The summed E-state index contributed by atoms with van der Waals surface area (Å²) in [5.41, 5.74) is 0.268. The lowest BCUT2D eigenvalue weighted by Crippen LogP contribution is -2.24. The summed E-state index contributed by atoms with van der Waals surface area (Å²) in [7, 11) is 0. The fourth-order valence-electron chi connectivity index (χ4n) is 1.77. The second-order valence-corrected chi connectivity index (χ2v) is 3.69. The van der Waals surface area contributed by atoms with Gasteiger partial charge in [0.2, 0.25) is 0 Å². The number of Topliss-reactive ketones (excluding diaryl/α,β-unsaturated/α-hetero) is 2. The van der Waals surface area contributed by atoms with Gasteiger partial charge >= 0.3 is 0 Å². The Morgan fingerprint density at radius 3 is 2.15 bits per heavy atom. The van der Waals surface area contributed by atoms with Crippen molar-refractivity contribution >= 4 is 11.6 Å². The molecule has 0 bridgehead atoms. The Morgan fingerprint density at radius 1 is 1.31 bits per heavy atom. The van der Waals surface area contributed by atoms with E-state index in [2.05, 4.69) is 6.92 Å². The molecule has 13 heavy (non-hydrogen) atoms. The number of allylic oxidation sites excluding steroid dienone is 2. The molecule has 0 fully saturated rings. The molecule has 0 aromatic heterocycles. The second-order valence-electron chi connectivity index (χ2n) is 3.69. The highest BCUT2D eigenvalue weighted by Crippen LogP contribution is 2.48. The Bertz CT molecular complexity index is 260. The summed E-state index contributed by atoms with van der Waals surface area (Å²) in [6.45, 7) is 5.10. The molecule has 1 aliphatic carbocycles. The van der Waals surface area contributed by atoms with Crippen LogP contribution in [0.1, 0.15) is 40.0 Å². The van der Waals surface area contributed by atoms with Gasteiger partial charge in [0.15, 0.2) is 11.6 Å². The summed E-state index contributed by atoms with van der Waals surface area (Å²) < 4.78 is 0. The minimum Gasteiger partial charge on any atom is -0.298 e. The van der Waals surface area contributed by atoms with Crippen molar-refractivity contribution in [3.63, 3.8) is 0 Å². The lowest BCUT2D eigenvalue weighted by Gasteiger charge is -2.10. The molecule has 0 saturated carbocycles. The van der Waals surface area contributed by atoms with Crippen molar-refractivity contribution in [2.45, 2.75) is 40.0 Å². The summed E-state index contributed by atoms with van der Waals surface area (Å²) in [6, 6.07) is 0. The SMILES string of the molecule is CCCCC1=CC1(C(C)=O)C(C)=O. The van der Waals surface area contributed by atoms with Crippen molar-refractivity contribution < 1.29 is 9.59 Å². The Hall–Kier alpha value is -0.920. The fourth-order valence-corrected chi connectivity index (χ4v) is 1.77. The average molecular weight is 180 g/mol. The molecule has 0 aliphatic heterocycles. The van der Waals surface area contributed by atoms with Crippen LogP contribution in [0.4, 0.5) is 0 Å². The topological polar surface area (TPSA) is 34.1 Å². The normalized spacial score (nSPS) is 17.9. The van der Waals surface area contributed by atoms with Crippen molar-refractivity contribution in [1.29, 1.82) is 0 Å². The van der Waals surface area contributed by atoms with Gasteiger partial charge in [0, 0.05) is 0 Å². The molecule has 0 amide bonds. The number of carbonyl (C=O) groups excluding carboxylic acids is 2. The smallest absolute Gasteiger partial charge is 0.151 e. The molecule has 0 heterocycles. The van der Waals surface area contributed by atoms with Crippen LogP contribution < -0.4 is 0 Å². The van der Waals surface area contributed by atoms with Gasteiger partial charge in [-0.3, -0.25) is 9.59 Å². The largest absolute Gasteiger partial charge is 0.298 e. The molecule has 0 radical (unpaired) electrons. The monoisotopic (exact) mass is 180 g/mol. The predicted molar refractivity (Wildman–Crippen MR) is 51.4 cm³/mol. The molecule has 0 spiro atoms. The summed E-state index contributed by atoms with van der Waals surface area (Å²) in [4.78, 5) is 22.5. The molecular weight excluding hydrogens is 164 g/mol. The summed E-state index contributed by atoms with van der Waals surface area (Å²) in [5, 5.41) is 0. The zero-order chi connectivity index (χ0) is 10.1. The van der Waals surface area contributed by atoms with Crippen molar-refractivity contribution in [3.05, 3.63) is 11.6 Å². The van der Waals surface area contributed by atoms with Gasteiger partial charge in [-0.05, 0) is 32.3 Å². The van der Waals surface area contributed by atoms with E-state index in [1.165, 1.54) is 13.8 Å². The minimum absolute atomic E-state index is 0.0221. The fraction of sp³-hybridized carbons (Fsp3) is 0.636. The number of carbonyl (C=O) groups is 2. The van der Waals surface area contributed by atoms with Crippen LogP contribution in [0.2, 0.25) is 0 Å². The van der Waals surface area contributed by atoms with Crippen LogP contribution in [-0.4, -0.2) is 11.6 Å². The van der Waals surface area contributed by atoms with Crippen LogP contribution in [0.25, 0.3) is 0 Å².